The lowest BCUT2D eigenvalue weighted by atomic mass is 10.0. The van der Waals surface area contributed by atoms with Gasteiger partial charge in [-0.3, -0.25) is 9.78 Å². The summed E-state index contributed by atoms with van der Waals surface area (Å²) in [5.41, 5.74) is -1.18. The maximum absolute atomic E-state index is 13.8. The smallest absolute Gasteiger partial charge is 0.336 e. The summed E-state index contributed by atoms with van der Waals surface area (Å²) < 4.78 is 67.5. The second-order valence-corrected chi connectivity index (χ2v) is 5.21. The van der Waals surface area contributed by atoms with Gasteiger partial charge in [-0.15, -0.1) is 0 Å². The van der Waals surface area contributed by atoms with Crippen molar-refractivity contribution in [3.8, 4) is 0 Å². The van der Waals surface area contributed by atoms with Crippen LogP contribution in [-0.4, -0.2) is 27.0 Å². The summed E-state index contributed by atoms with van der Waals surface area (Å²) in [4.78, 5) is 23.8. The number of carbonyl (C=O) groups excluding carboxylic acids is 1. The molecule has 26 heavy (non-hydrogen) atoms. The van der Waals surface area contributed by atoms with E-state index in [1.165, 1.54) is 18.5 Å². The maximum Gasteiger partial charge on any atom is 0.413 e. The first kappa shape index (κ1) is 17.6. The van der Waals surface area contributed by atoms with Gasteiger partial charge in [-0.05, 0) is 18.2 Å². The molecule has 0 aliphatic rings. The number of hydrogen-bond donors (Lipinski definition) is 1. The first-order valence-corrected chi connectivity index (χ1v) is 7.15. The molecule has 3 rings (SSSR count). The molecule has 1 aromatic carbocycles. The van der Waals surface area contributed by atoms with E-state index in [1.54, 1.807) is 5.32 Å². The van der Waals surface area contributed by atoms with Gasteiger partial charge in [0.1, 0.15) is 17.2 Å². The van der Waals surface area contributed by atoms with Gasteiger partial charge in [0.25, 0.3) is 5.91 Å². The second-order valence-electron chi connectivity index (χ2n) is 5.21. The standard InChI is InChI=1S/C16H9F5N4O/c17-9-2-1-3-10(18)12(9)13(16(19,20)21)25-15(26)8-6-11-14(24-7-8)23-5-4-22-11/h1-7,13H,(H,25,26). The molecule has 1 unspecified atom stereocenters. The Labute approximate surface area is 142 Å². The molecule has 0 aliphatic carbocycles. The van der Waals surface area contributed by atoms with Crippen LogP contribution in [0.4, 0.5) is 22.0 Å². The van der Waals surface area contributed by atoms with E-state index in [-0.39, 0.29) is 16.7 Å². The monoisotopic (exact) mass is 368 g/mol. The molecule has 0 bridgehead atoms. The molecule has 0 saturated carbocycles. The van der Waals surface area contributed by atoms with Crippen molar-refractivity contribution in [3.63, 3.8) is 0 Å². The predicted molar refractivity (Wildman–Crippen MR) is 80.0 cm³/mol. The van der Waals surface area contributed by atoms with Crippen molar-refractivity contribution in [3.05, 3.63) is 65.6 Å². The zero-order chi connectivity index (χ0) is 18.9. The third-order valence-corrected chi connectivity index (χ3v) is 3.48. The topological polar surface area (TPSA) is 67.8 Å². The summed E-state index contributed by atoms with van der Waals surface area (Å²) in [7, 11) is 0. The fraction of sp³-hybridized carbons (Fsp3) is 0.125. The molecule has 5 nitrogen and oxygen atoms in total. The highest BCUT2D eigenvalue weighted by Crippen LogP contribution is 2.35. The number of carbonyl (C=O) groups is 1. The Morgan fingerprint density at radius 1 is 1.04 bits per heavy atom. The largest absolute Gasteiger partial charge is 0.413 e. The number of alkyl halides is 3. The molecular formula is C16H9F5N4O. The number of amides is 1. The van der Waals surface area contributed by atoms with Crippen molar-refractivity contribution in [1.29, 1.82) is 0 Å². The molecule has 1 amide bonds. The van der Waals surface area contributed by atoms with Crippen LogP contribution in [0.1, 0.15) is 22.0 Å². The summed E-state index contributed by atoms with van der Waals surface area (Å²) in [6, 6.07) is 0.590. The van der Waals surface area contributed by atoms with Gasteiger partial charge >= 0.3 is 6.18 Å². The van der Waals surface area contributed by atoms with Crippen LogP contribution in [0, 0.1) is 11.6 Å². The SMILES string of the molecule is O=C(NC(c1c(F)cccc1F)C(F)(F)F)c1cnc2nccnc2c1. The van der Waals surface area contributed by atoms with Crippen LogP contribution in [0.15, 0.2) is 42.9 Å². The zero-order valence-corrected chi connectivity index (χ0v) is 12.8. The van der Waals surface area contributed by atoms with Crippen molar-refractivity contribution in [2.45, 2.75) is 12.2 Å². The number of rotatable bonds is 3. The Balaban J connectivity index is 1.97. The molecule has 1 N–H and O–H groups in total. The number of halogens is 5. The summed E-state index contributed by atoms with van der Waals surface area (Å²) >= 11 is 0. The van der Waals surface area contributed by atoms with Gasteiger partial charge in [-0.25, -0.2) is 18.7 Å². The Hall–Kier alpha value is -3.17. The average Bonchev–Trinajstić information content (AvgIpc) is 2.59. The third kappa shape index (κ3) is 3.44. The minimum atomic E-state index is -5.12. The highest BCUT2D eigenvalue weighted by atomic mass is 19.4. The lowest BCUT2D eigenvalue weighted by molar-refractivity contribution is -0.156. The van der Waals surface area contributed by atoms with E-state index in [2.05, 4.69) is 15.0 Å². The van der Waals surface area contributed by atoms with Gasteiger partial charge < -0.3 is 5.32 Å². The Morgan fingerprint density at radius 2 is 1.69 bits per heavy atom. The van der Waals surface area contributed by atoms with Crippen LogP contribution in [0.5, 0.6) is 0 Å². The molecule has 0 saturated heterocycles. The van der Waals surface area contributed by atoms with Crippen molar-refractivity contribution in [2.75, 3.05) is 0 Å². The minimum Gasteiger partial charge on any atom is -0.336 e. The number of benzene rings is 1. The Morgan fingerprint density at radius 3 is 2.35 bits per heavy atom. The molecule has 0 aliphatic heterocycles. The predicted octanol–water partition coefficient (Wildman–Crippen LogP) is 3.34. The Bertz CT molecular complexity index is 956. The van der Waals surface area contributed by atoms with Crippen molar-refractivity contribution < 1.29 is 26.7 Å². The maximum atomic E-state index is 13.8. The first-order valence-electron chi connectivity index (χ1n) is 7.15. The van der Waals surface area contributed by atoms with Gasteiger partial charge in [0.15, 0.2) is 11.7 Å². The molecule has 0 fully saturated rings. The van der Waals surface area contributed by atoms with Crippen LogP contribution in [0.25, 0.3) is 11.2 Å². The molecule has 0 radical (unpaired) electrons. The van der Waals surface area contributed by atoms with E-state index in [1.807, 2.05) is 0 Å². The van der Waals surface area contributed by atoms with Crippen LogP contribution in [0.2, 0.25) is 0 Å². The van der Waals surface area contributed by atoms with E-state index >= 15 is 0 Å². The van der Waals surface area contributed by atoms with Crippen molar-refractivity contribution in [1.82, 2.24) is 20.3 Å². The van der Waals surface area contributed by atoms with Crippen LogP contribution in [0.3, 0.4) is 0 Å². The molecule has 1 atom stereocenters. The molecule has 2 aromatic heterocycles. The fourth-order valence-corrected chi connectivity index (χ4v) is 2.30. The fourth-order valence-electron chi connectivity index (χ4n) is 2.30. The number of fused-ring (bicyclic) bond motifs is 1. The first-order chi connectivity index (χ1) is 12.3. The molecule has 134 valence electrons. The number of nitrogens with zero attached hydrogens (tertiary/aromatic N) is 3. The lowest BCUT2D eigenvalue weighted by Gasteiger charge is -2.23. The van der Waals surface area contributed by atoms with Gasteiger partial charge in [0.2, 0.25) is 0 Å². The highest BCUT2D eigenvalue weighted by molar-refractivity contribution is 5.96. The zero-order valence-electron chi connectivity index (χ0n) is 12.8. The quantitative estimate of drug-likeness (QED) is 0.720. The van der Waals surface area contributed by atoms with E-state index < -0.39 is 35.3 Å². The van der Waals surface area contributed by atoms with Crippen molar-refractivity contribution in [2.24, 2.45) is 0 Å². The number of pyridine rings is 1. The molecule has 0 spiro atoms. The minimum absolute atomic E-state index is 0.181. The van der Waals surface area contributed by atoms with Gasteiger partial charge in [0, 0.05) is 18.6 Å². The molecule has 10 heteroatoms. The van der Waals surface area contributed by atoms with Crippen LogP contribution < -0.4 is 5.32 Å². The number of aromatic nitrogens is 3. The average molecular weight is 368 g/mol. The molecule has 2 heterocycles. The molecule has 3 aromatic rings. The highest BCUT2D eigenvalue weighted by Gasteiger charge is 2.45. The van der Waals surface area contributed by atoms with Gasteiger partial charge in [-0.1, -0.05) is 6.07 Å². The number of hydrogen-bond acceptors (Lipinski definition) is 4. The molecular weight excluding hydrogens is 359 g/mol. The summed E-state index contributed by atoms with van der Waals surface area (Å²) in [6.45, 7) is 0. The van der Waals surface area contributed by atoms with E-state index in [9.17, 15) is 26.7 Å². The van der Waals surface area contributed by atoms with Crippen LogP contribution in [-0.2, 0) is 0 Å². The summed E-state index contributed by atoms with van der Waals surface area (Å²) in [5, 5.41) is 1.60. The third-order valence-electron chi connectivity index (χ3n) is 3.48. The van der Waals surface area contributed by atoms with E-state index in [0.29, 0.717) is 12.1 Å². The van der Waals surface area contributed by atoms with Gasteiger partial charge in [0.05, 0.1) is 11.1 Å². The second kappa shape index (κ2) is 6.62. The normalized spacial score (nSPS) is 12.8. The van der Waals surface area contributed by atoms with Crippen molar-refractivity contribution >= 4 is 17.1 Å². The summed E-state index contributed by atoms with van der Waals surface area (Å²) in [5.74, 6) is -4.06. The lowest BCUT2D eigenvalue weighted by Crippen LogP contribution is -2.39. The Kier molecular flexibility index (Phi) is 4.49. The van der Waals surface area contributed by atoms with Gasteiger partial charge in [-0.2, -0.15) is 13.2 Å². The van der Waals surface area contributed by atoms with E-state index in [4.69, 9.17) is 0 Å². The summed E-state index contributed by atoms with van der Waals surface area (Å²) in [6.07, 6.45) is -1.45. The van der Waals surface area contributed by atoms with Crippen LogP contribution >= 0.6 is 0 Å². The van der Waals surface area contributed by atoms with E-state index in [0.717, 1.165) is 12.3 Å². The number of nitrogens with one attached hydrogen (secondary N) is 1.